The van der Waals surface area contributed by atoms with Crippen molar-refractivity contribution in [3.8, 4) is 10.8 Å². The van der Waals surface area contributed by atoms with Gasteiger partial charge >= 0.3 is 0 Å². The lowest BCUT2D eigenvalue weighted by atomic mass is 10.4. The van der Waals surface area contributed by atoms with E-state index in [1.807, 2.05) is 0 Å². The molecule has 0 radical (unpaired) electrons. The molecule has 3 aromatic heterocycles. The predicted molar refractivity (Wildman–Crippen MR) is 66.7 cm³/mol. The van der Waals surface area contributed by atoms with E-state index in [0.717, 1.165) is 11.3 Å². The van der Waals surface area contributed by atoms with Gasteiger partial charge in [0.15, 0.2) is 15.8 Å². The second-order valence-corrected chi connectivity index (χ2v) is 5.51. The summed E-state index contributed by atoms with van der Waals surface area (Å²) >= 11 is 3.89. The zero-order chi connectivity index (χ0) is 13.6. The zero-order valence-electron chi connectivity index (χ0n) is 9.02. The first-order valence-electron chi connectivity index (χ1n) is 5.00. The number of imidazole rings is 1. The molecule has 0 spiro atoms. The molecule has 0 bridgehead atoms. The van der Waals surface area contributed by atoms with Gasteiger partial charge in [0.05, 0.1) is 6.20 Å². The summed E-state index contributed by atoms with van der Waals surface area (Å²) in [6, 6.07) is 1.30. The van der Waals surface area contributed by atoms with Crippen molar-refractivity contribution in [1.29, 1.82) is 0 Å². The molecule has 19 heavy (non-hydrogen) atoms. The summed E-state index contributed by atoms with van der Waals surface area (Å²) in [5, 5.41) is 6.87. The number of hydrogen-bond donors (Lipinski definition) is 0. The fourth-order valence-electron chi connectivity index (χ4n) is 1.60. The minimum atomic E-state index is -2.68. The van der Waals surface area contributed by atoms with E-state index in [9.17, 15) is 13.2 Å². The van der Waals surface area contributed by atoms with Gasteiger partial charge in [-0.05, 0) is 22.0 Å². The third kappa shape index (κ3) is 2.12. The van der Waals surface area contributed by atoms with Crippen molar-refractivity contribution in [1.82, 2.24) is 19.6 Å². The molecule has 0 N–H and O–H groups in total. The third-order valence-corrected chi connectivity index (χ3v) is 3.74. The summed E-state index contributed by atoms with van der Waals surface area (Å²) in [5.41, 5.74) is 0.243. The molecule has 3 rings (SSSR count). The van der Waals surface area contributed by atoms with Crippen molar-refractivity contribution in [3.05, 3.63) is 33.8 Å². The average molecular weight is 349 g/mol. The second-order valence-electron chi connectivity index (χ2n) is 3.59. The lowest BCUT2D eigenvalue weighted by molar-refractivity contribution is 0.150. The predicted octanol–water partition coefficient (Wildman–Crippen LogP) is 3.69. The molecular formula is C10H4BrF3N4S. The number of alkyl halides is 2. The van der Waals surface area contributed by atoms with Crippen LogP contribution in [0, 0.1) is 5.82 Å². The van der Waals surface area contributed by atoms with E-state index in [4.69, 9.17) is 0 Å². The maximum atomic E-state index is 13.7. The number of halogens is 4. The van der Waals surface area contributed by atoms with Gasteiger partial charge in [0.25, 0.3) is 6.43 Å². The molecule has 0 aliphatic carbocycles. The molecule has 0 aliphatic rings. The minimum Gasteiger partial charge on any atom is -0.294 e. The Hall–Kier alpha value is -1.48. The lowest BCUT2D eigenvalue weighted by Crippen LogP contribution is -1.91. The van der Waals surface area contributed by atoms with E-state index >= 15 is 0 Å². The van der Waals surface area contributed by atoms with Gasteiger partial charge in [0.1, 0.15) is 11.3 Å². The molecule has 3 heterocycles. The Bertz CT molecular complexity index is 754. The molecular weight excluding hydrogens is 345 g/mol. The van der Waals surface area contributed by atoms with E-state index < -0.39 is 12.2 Å². The van der Waals surface area contributed by atoms with E-state index in [1.54, 1.807) is 6.20 Å². The van der Waals surface area contributed by atoms with Gasteiger partial charge in [-0.2, -0.15) is 0 Å². The summed E-state index contributed by atoms with van der Waals surface area (Å²) in [7, 11) is 0. The lowest BCUT2D eigenvalue weighted by Gasteiger charge is -1.99. The van der Waals surface area contributed by atoms with E-state index in [-0.39, 0.29) is 21.4 Å². The van der Waals surface area contributed by atoms with Crippen LogP contribution in [0.1, 0.15) is 11.4 Å². The van der Waals surface area contributed by atoms with Gasteiger partial charge in [0.2, 0.25) is 0 Å². The number of rotatable bonds is 2. The van der Waals surface area contributed by atoms with Crippen molar-refractivity contribution in [2.75, 3.05) is 0 Å². The summed E-state index contributed by atoms with van der Waals surface area (Å²) in [6.45, 7) is 0. The van der Waals surface area contributed by atoms with Crippen LogP contribution in [-0.4, -0.2) is 19.6 Å². The van der Waals surface area contributed by atoms with Crippen molar-refractivity contribution >= 4 is 32.8 Å². The number of pyridine rings is 1. The van der Waals surface area contributed by atoms with E-state index in [2.05, 4.69) is 31.1 Å². The smallest absolute Gasteiger partial charge is 0.291 e. The molecule has 0 unspecified atom stereocenters. The van der Waals surface area contributed by atoms with Crippen LogP contribution in [0.5, 0.6) is 0 Å². The molecule has 3 aromatic rings. The number of nitrogens with zero attached hydrogens (tertiary/aromatic N) is 4. The molecule has 98 valence electrons. The molecule has 0 fully saturated rings. The average Bonchev–Trinajstić information content (AvgIpc) is 2.93. The van der Waals surface area contributed by atoms with Crippen molar-refractivity contribution in [2.45, 2.75) is 6.43 Å². The Labute approximate surface area is 117 Å². The quantitative estimate of drug-likeness (QED) is 0.709. The maximum Gasteiger partial charge on any atom is 0.291 e. The SMILES string of the molecule is Fc1cc(Br)cn2c(-c3nnc(C(F)F)s3)ncc12. The van der Waals surface area contributed by atoms with E-state index in [1.165, 1.54) is 16.7 Å². The van der Waals surface area contributed by atoms with Crippen LogP contribution < -0.4 is 0 Å². The number of fused-ring (bicyclic) bond motifs is 1. The molecule has 4 nitrogen and oxygen atoms in total. The van der Waals surface area contributed by atoms with Gasteiger partial charge in [-0.25, -0.2) is 18.2 Å². The molecule has 0 aromatic carbocycles. The topological polar surface area (TPSA) is 43.1 Å². The molecule has 0 saturated heterocycles. The Kier molecular flexibility index (Phi) is 3.02. The van der Waals surface area contributed by atoms with Crippen molar-refractivity contribution in [3.63, 3.8) is 0 Å². The van der Waals surface area contributed by atoms with Gasteiger partial charge in [-0.15, -0.1) is 10.2 Å². The Morgan fingerprint density at radius 1 is 1.32 bits per heavy atom. The standard InChI is InChI=1S/C10H4BrF3N4S/c11-4-1-5(12)6-2-15-8(18(6)3-4)10-17-16-9(19-10)7(13)14/h1-3,7H. The van der Waals surface area contributed by atoms with Gasteiger partial charge < -0.3 is 0 Å². The molecule has 0 aliphatic heterocycles. The largest absolute Gasteiger partial charge is 0.294 e. The summed E-state index contributed by atoms with van der Waals surface area (Å²) in [6.07, 6.45) is 0.228. The van der Waals surface area contributed by atoms with Crippen LogP contribution in [0.3, 0.4) is 0 Å². The van der Waals surface area contributed by atoms with Gasteiger partial charge in [-0.3, -0.25) is 4.40 Å². The highest BCUT2D eigenvalue weighted by Crippen LogP contribution is 2.29. The zero-order valence-corrected chi connectivity index (χ0v) is 11.4. The highest BCUT2D eigenvalue weighted by Gasteiger charge is 2.18. The van der Waals surface area contributed by atoms with E-state index in [0.29, 0.717) is 4.47 Å². The van der Waals surface area contributed by atoms with Crippen molar-refractivity contribution < 1.29 is 13.2 Å². The highest BCUT2D eigenvalue weighted by molar-refractivity contribution is 9.10. The van der Waals surface area contributed by atoms with Crippen LogP contribution in [0.15, 0.2) is 22.9 Å². The normalized spacial score (nSPS) is 11.6. The number of aromatic nitrogens is 4. The van der Waals surface area contributed by atoms with Gasteiger partial charge in [0, 0.05) is 10.7 Å². The Balaban J connectivity index is 2.19. The fraction of sp³-hybridized carbons (Fsp3) is 0.100. The second kappa shape index (κ2) is 4.57. The fourth-order valence-corrected chi connectivity index (χ4v) is 2.69. The van der Waals surface area contributed by atoms with Crippen LogP contribution in [0.4, 0.5) is 13.2 Å². The highest BCUT2D eigenvalue weighted by atomic mass is 79.9. The van der Waals surface area contributed by atoms with Crippen LogP contribution in [-0.2, 0) is 0 Å². The minimum absolute atomic E-state index is 0.216. The van der Waals surface area contributed by atoms with Gasteiger partial charge in [-0.1, -0.05) is 11.3 Å². The summed E-state index contributed by atoms with van der Waals surface area (Å²) < 4.78 is 40.6. The van der Waals surface area contributed by atoms with Crippen LogP contribution in [0.2, 0.25) is 0 Å². The molecule has 0 saturated carbocycles. The first-order chi connectivity index (χ1) is 9.06. The van der Waals surface area contributed by atoms with Crippen LogP contribution >= 0.6 is 27.3 Å². The Morgan fingerprint density at radius 2 is 2.11 bits per heavy atom. The molecule has 9 heteroatoms. The summed E-state index contributed by atoms with van der Waals surface area (Å²) in [4.78, 5) is 4.01. The van der Waals surface area contributed by atoms with Crippen LogP contribution in [0.25, 0.3) is 16.3 Å². The monoisotopic (exact) mass is 348 g/mol. The number of hydrogen-bond acceptors (Lipinski definition) is 4. The van der Waals surface area contributed by atoms with Crippen molar-refractivity contribution in [2.24, 2.45) is 0 Å². The summed E-state index contributed by atoms with van der Waals surface area (Å²) in [5.74, 6) is -0.189. The molecule has 0 amide bonds. The molecule has 0 atom stereocenters. The maximum absolute atomic E-state index is 13.7. The third-order valence-electron chi connectivity index (χ3n) is 2.38. The first kappa shape index (κ1) is 12.5. The first-order valence-corrected chi connectivity index (χ1v) is 6.61. The Morgan fingerprint density at radius 3 is 2.79 bits per heavy atom.